The standard InChI is InChI=1S/C27H27Cl3N4O5/c1-16-23(36-15-18-7-10-19-5-3-4-6-20(19)13-18)24(37-14-17-8-11-21(35-2)12-9-17)22(33-34-32)25(38-16)39-26(31)27(28,29)30/h3-13,16,22-25,31H,14-15H2,1-2H3/t16-,22-,23+,24-,25?/m1/s1. The lowest BCUT2D eigenvalue weighted by Gasteiger charge is -2.43. The van der Waals surface area contributed by atoms with E-state index in [9.17, 15) is 5.53 Å². The summed E-state index contributed by atoms with van der Waals surface area (Å²) in [7, 11) is 1.59. The SMILES string of the molecule is COc1ccc(CO[C@H]2[C@@H](OCc3ccc4ccccc4c3)[C@@H](C)OC(OC(=N)C(Cl)(Cl)Cl)[C@@H]2N=[N+]=[N-])cc1. The molecule has 0 bridgehead atoms. The van der Waals surface area contributed by atoms with Gasteiger partial charge in [0.2, 0.25) is 12.2 Å². The van der Waals surface area contributed by atoms with E-state index in [1.165, 1.54) is 0 Å². The molecule has 0 aliphatic carbocycles. The van der Waals surface area contributed by atoms with E-state index in [1.807, 2.05) is 60.7 Å². The molecule has 0 amide bonds. The van der Waals surface area contributed by atoms with Crippen LogP contribution in [0, 0.1) is 5.41 Å². The Morgan fingerprint density at radius 3 is 2.28 bits per heavy atom. The molecule has 1 aliphatic heterocycles. The van der Waals surface area contributed by atoms with E-state index in [-0.39, 0.29) is 13.2 Å². The first-order valence-corrected chi connectivity index (χ1v) is 13.2. The predicted octanol–water partition coefficient (Wildman–Crippen LogP) is 7.11. The Morgan fingerprint density at radius 1 is 0.974 bits per heavy atom. The van der Waals surface area contributed by atoms with Crippen molar-refractivity contribution in [3.05, 3.63) is 88.3 Å². The van der Waals surface area contributed by atoms with Gasteiger partial charge in [0.25, 0.3) is 3.79 Å². The molecule has 206 valence electrons. The van der Waals surface area contributed by atoms with Crippen molar-refractivity contribution >= 4 is 51.5 Å². The molecule has 9 nitrogen and oxygen atoms in total. The van der Waals surface area contributed by atoms with Gasteiger partial charge < -0.3 is 23.7 Å². The minimum atomic E-state index is -2.13. The van der Waals surface area contributed by atoms with Gasteiger partial charge in [0.05, 0.1) is 26.4 Å². The van der Waals surface area contributed by atoms with Crippen molar-refractivity contribution in [2.24, 2.45) is 5.11 Å². The highest BCUT2D eigenvalue weighted by molar-refractivity contribution is 6.76. The van der Waals surface area contributed by atoms with Crippen LogP contribution in [0.4, 0.5) is 0 Å². The maximum Gasteiger partial charge on any atom is 0.265 e. The third kappa shape index (κ3) is 7.47. The number of benzene rings is 3. The van der Waals surface area contributed by atoms with E-state index >= 15 is 0 Å². The molecular weight excluding hydrogens is 567 g/mol. The molecule has 39 heavy (non-hydrogen) atoms. The lowest BCUT2D eigenvalue weighted by Crippen LogP contribution is -2.59. The third-order valence-corrected chi connectivity index (χ3v) is 6.80. The van der Waals surface area contributed by atoms with Crippen molar-refractivity contribution in [1.29, 1.82) is 5.41 Å². The summed E-state index contributed by atoms with van der Waals surface area (Å²) in [6.45, 7) is 2.20. The van der Waals surface area contributed by atoms with Crippen molar-refractivity contribution in [2.75, 3.05) is 7.11 Å². The number of halogens is 3. The number of hydrogen-bond acceptors (Lipinski definition) is 7. The fourth-order valence-corrected chi connectivity index (χ4v) is 4.44. The highest BCUT2D eigenvalue weighted by Gasteiger charge is 2.48. The van der Waals surface area contributed by atoms with Gasteiger partial charge in [0.1, 0.15) is 24.0 Å². The van der Waals surface area contributed by atoms with E-state index < -0.39 is 40.3 Å². The number of hydrogen-bond donors (Lipinski definition) is 1. The first-order chi connectivity index (χ1) is 18.7. The van der Waals surface area contributed by atoms with Crippen LogP contribution >= 0.6 is 34.8 Å². The van der Waals surface area contributed by atoms with Gasteiger partial charge in [-0.3, -0.25) is 5.41 Å². The Hall–Kier alpha value is -2.75. The van der Waals surface area contributed by atoms with Gasteiger partial charge in [-0.15, -0.1) is 0 Å². The number of azide groups is 1. The molecule has 3 aromatic rings. The van der Waals surface area contributed by atoms with E-state index in [0.29, 0.717) is 5.75 Å². The van der Waals surface area contributed by atoms with Crippen molar-refractivity contribution in [3.8, 4) is 5.75 Å². The average Bonchev–Trinajstić information content (AvgIpc) is 2.92. The normalized spacial score (nSPS) is 23.2. The fourth-order valence-electron chi connectivity index (χ4n) is 4.31. The summed E-state index contributed by atoms with van der Waals surface area (Å²) in [4.78, 5) is 2.96. The zero-order valence-electron chi connectivity index (χ0n) is 21.2. The summed E-state index contributed by atoms with van der Waals surface area (Å²) in [6.07, 6.45) is -3.32. The van der Waals surface area contributed by atoms with Crippen LogP contribution in [-0.4, -0.2) is 47.4 Å². The molecule has 1 aliphatic rings. The zero-order chi connectivity index (χ0) is 28.0. The molecule has 0 aromatic heterocycles. The first-order valence-electron chi connectivity index (χ1n) is 12.1. The van der Waals surface area contributed by atoms with Gasteiger partial charge in [-0.1, -0.05) is 88.4 Å². The van der Waals surface area contributed by atoms with Crippen LogP contribution in [0.3, 0.4) is 0 Å². The Balaban J connectivity index is 1.58. The second-order valence-electron chi connectivity index (χ2n) is 8.93. The van der Waals surface area contributed by atoms with Crippen LogP contribution in [-0.2, 0) is 32.2 Å². The van der Waals surface area contributed by atoms with Gasteiger partial charge in [-0.25, -0.2) is 0 Å². The summed E-state index contributed by atoms with van der Waals surface area (Å²) in [5.41, 5.74) is 11.2. The predicted molar refractivity (Wildman–Crippen MR) is 150 cm³/mol. The molecule has 5 atom stereocenters. The summed E-state index contributed by atoms with van der Waals surface area (Å²) in [6, 6.07) is 20.4. The highest BCUT2D eigenvalue weighted by atomic mass is 35.6. The topological polar surface area (TPSA) is 119 Å². The monoisotopic (exact) mass is 592 g/mol. The van der Waals surface area contributed by atoms with E-state index in [0.717, 1.165) is 21.9 Å². The van der Waals surface area contributed by atoms with Crippen molar-refractivity contribution in [2.45, 2.75) is 54.6 Å². The first kappa shape index (κ1) is 29.2. The third-order valence-electron chi connectivity index (χ3n) is 6.28. The summed E-state index contributed by atoms with van der Waals surface area (Å²) >= 11 is 17.4. The molecular formula is C27H27Cl3N4O5. The molecule has 12 heteroatoms. The molecule has 3 aromatic carbocycles. The maximum absolute atomic E-state index is 9.36. The van der Waals surface area contributed by atoms with Gasteiger partial charge in [-0.2, -0.15) is 0 Å². The molecule has 0 saturated carbocycles. The largest absolute Gasteiger partial charge is 0.497 e. The maximum atomic E-state index is 9.36. The van der Waals surface area contributed by atoms with Crippen LogP contribution in [0.5, 0.6) is 5.75 Å². The molecule has 0 radical (unpaired) electrons. The number of ether oxygens (including phenoxy) is 5. The molecule has 4 rings (SSSR count). The average molecular weight is 594 g/mol. The minimum Gasteiger partial charge on any atom is -0.497 e. The molecule has 1 heterocycles. The van der Waals surface area contributed by atoms with Gasteiger partial charge in [0, 0.05) is 4.91 Å². The number of methoxy groups -OCH3 is 1. The summed E-state index contributed by atoms with van der Waals surface area (Å²) < 4.78 is 27.2. The van der Waals surface area contributed by atoms with Crippen LogP contribution in [0.1, 0.15) is 18.1 Å². The Kier molecular flexibility index (Phi) is 9.80. The van der Waals surface area contributed by atoms with Gasteiger partial charge in [0.15, 0.2) is 0 Å². The molecule has 1 unspecified atom stereocenters. The fraction of sp³-hybridized carbons (Fsp3) is 0.370. The number of rotatable bonds is 9. The number of nitrogens with zero attached hydrogens (tertiary/aromatic N) is 3. The molecule has 1 N–H and O–H groups in total. The highest BCUT2D eigenvalue weighted by Crippen LogP contribution is 2.34. The van der Waals surface area contributed by atoms with Gasteiger partial charge >= 0.3 is 0 Å². The van der Waals surface area contributed by atoms with Crippen LogP contribution in [0.25, 0.3) is 21.2 Å². The van der Waals surface area contributed by atoms with Crippen LogP contribution in [0.15, 0.2) is 71.8 Å². The lowest BCUT2D eigenvalue weighted by atomic mass is 9.97. The van der Waals surface area contributed by atoms with E-state index in [2.05, 4.69) is 16.1 Å². The smallest absolute Gasteiger partial charge is 0.265 e. The molecule has 0 spiro atoms. The van der Waals surface area contributed by atoms with Gasteiger partial charge in [-0.05, 0) is 52.6 Å². The molecule has 1 saturated heterocycles. The second-order valence-corrected chi connectivity index (χ2v) is 11.2. The number of nitrogens with one attached hydrogen (secondary N) is 1. The number of alkyl halides is 3. The summed E-state index contributed by atoms with van der Waals surface area (Å²) in [5.74, 6) is 0.0351. The van der Waals surface area contributed by atoms with Crippen molar-refractivity contribution < 1.29 is 23.7 Å². The Labute approximate surface area is 240 Å². The van der Waals surface area contributed by atoms with Crippen LogP contribution in [0.2, 0.25) is 0 Å². The van der Waals surface area contributed by atoms with E-state index in [4.69, 9.17) is 63.9 Å². The Morgan fingerprint density at radius 2 is 1.62 bits per heavy atom. The Bertz CT molecular complexity index is 1330. The summed E-state index contributed by atoms with van der Waals surface area (Å²) in [5, 5.41) is 14.1. The molecule has 1 fully saturated rings. The van der Waals surface area contributed by atoms with Crippen LogP contribution < -0.4 is 4.74 Å². The number of fused-ring (bicyclic) bond motifs is 1. The zero-order valence-corrected chi connectivity index (χ0v) is 23.4. The quantitative estimate of drug-likeness (QED) is 0.0708. The van der Waals surface area contributed by atoms with Crippen molar-refractivity contribution in [3.63, 3.8) is 0 Å². The van der Waals surface area contributed by atoms with E-state index in [1.54, 1.807) is 14.0 Å². The van der Waals surface area contributed by atoms with Crippen molar-refractivity contribution in [1.82, 2.24) is 0 Å². The second kappa shape index (κ2) is 13.1. The minimum absolute atomic E-state index is 0.170. The lowest BCUT2D eigenvalue weighted by molar-refractivity contribution is -0.255.